The third-order valence-corrected chi connectivity index (χ3v) is 5.60. The van der Waals surface area contributed by atoms with Crippen LogP contribution < -0.4 is 15.4 Å². The molecule has 2 aliphatic heterocycles. The highest BCUT2D eigenvalue weighted by Gasteiger charge is 2.18. The van der Waals surface area contributed by atoms with Gasteiger partial charge in [0, 0.05) is 37.8 Å². The maximum Gasteiger partial charge on any atom is 0.191 e. The fraction of sp³-hybridized carbons (Fsp3) is 0.682. The van der Waals surface area contributed by atoms with Crippen molar-refractivity contribution < 1.29 is 13.9 Å². The highest BCUT2D eigenvalue weighted by molar-refractivity contribution is 14.0. The second-order valence-corrected chi connectivity index (χ2v) is 7.84. The number of rotatable bonds is 8. The molecule has 0 radical (unpaired) electrons. The predicted octanol–water partition coefficient (Wildman–Crippen LogP) is 3.67. The molecule has 0 aliphatic carbocycles. The second-order valence-electron chi connectivity index (χ2n) is 7.84. The Morgan fingerprint density at radius 3 is 2.97 bits per heavy atom. The molecule has 1 fully saturated rings. The fourth-order valence-electron chi connectivity index (χ4n) is 4.05. The van der Waals surface area contributed by atoms with Crippen LogP contribution in [0.2, 0.25) is 0 Å². The van der Waals surface area contributed by atoms with E-state index in [4.69, 9.17) is 14.5 Å². The lowest BCUT2D eigenvalue weighted by molar-refractivity contribution is -0.0172. The average molecular weight is 534 g/mol. The number of hydrogen-bond donors (Lipinski definition) is 2. The molecule has 2 aliphatic rings. The quantitative estimate of drug-likeness (QED) is 0.231. The molecule has 3 rings (SSSR count). The smallest absolute Gasteiger partial charge is 0.191 e. The monoisotopic (exact) mass is 534 g/mol. The molecule has 1 aromatic rings. The Hall–Kier alpha value is -1.13. The first-order chi connectivity index (χ1) is 14.2. The van der Waals surface area contributed by atoms with Gasteiger partial charge in [0.25, 0.3) is 0 Å². The summed E-state index contributed by atoms with van der Waals surface area (Å²) in [6.45, 7) is 9.60. The molecular weight excluding hydrogens is 498 g/mol. The highest BCUT2D eigenvalue weighted by Crippen LogP contribution is 2.29. The van der Waals surface area contributed by atoms with Crippen LogP contribution in [0.5, 0.6) is 5.75 Å². The molecule has 0 bridgehead atoms. The van der Waals surface area contributed by atoms with E-state index in [-0.39, 0.29) is 36.6 Å². The lowest BCUT2D eigenvalue weighted by Crippen LogP contribution is -2.39. The van der Waals surface area contributed by atoms with Crippen LogP contribution in [0.1, 0.15) is 50.7 Å². The average Bonchev–Trinajstić information content (AvgIpc) is 2.72. The molecule has 170 valence electrons. The SMILES string of the molecule is CCNC(=NCCCN1CCCCC1C)NCCc1cc(F)cc2c1OCOC2.I. The minimum absolute atomic E-state index is 0. The summed E-state index contributed by atoms with van der Waals surface area (Å²) < 4.78 is 24.7. The first kappa shape index (κ1) is 25.1. The third kappa shape index (κ3) is 7.53. The summed E-state index contributed by atoms with van der Waals surface area (Å²) in [7, 11) is 0. The Morgan fingerprint density at radius 2 is 2.17 bits per heavy atom. The van der Waals surface area contributed by atoms with Crippen LogP contribution >= 0.6 is 24.0 Å². The zero-order valence-electron chi connectivity index (χ0n) is 18.2. The number of hydrogen-bond acceptors (Lipinski definition) is 4. The fourth-order valence-corrected chi connectivity index (χ4v) is 4.05. The molecule has 0 spiro atoms. The van der Waals surface area contributed by atoms with Gasteiger partial charge < -0.3 is 25.0 Å². The van der Waals surface area contributed by atoms with Crippen molar-refractivity contribution in [3.8, 4) is 5.75 Å². The topological polar surface area (TPSA) is 58.1 Å². The molecule has 0 aromatic heterocycles. The van der Waals surface area contributed by atoms with Crippen LogP contribution in [-0.4, -0.2) is 56.4 Å². The zero-order valence-corrected chi connectivity index (χ0v) is 20.5. The van der Waals surface area contributed by atoms with Crippen molar-refractivity contribution in [2.24, 2.45) is 4.99 Å². The minimum atomic E-state index is -0.250. The predicted molar refractivity (Wildman–Crippen MR) is 129 cm³/mol. The van der Waals surface area contributed by atoms with Gasteiger partial charge in [0.2, 0.25) is 0 Å². The summed E-state index contributed by atoms with van der Waals surface area (Å²) in [6, 6.07) is 3.74. The van der Waals surface area contributed by atoms with E-state index in [2.05, 4.69) is 29.4 Å². The van der Waals surface area contributed by atoms with Crippen molar-refractivity contribution in [3.63, 3.8) is 0 Å². The summed E-state index contributed by atoms with van der Waals surface area (Å²) in [5.74, 6) is 1.33. The molecule has 1 unspecified atom stereocenters. The lowest BCUT2D eigenvalue weighted by Gasteiger charge is -2.33. The van der Waals surface area contributed by atoms with E-state index in [0.717, 1.165) is 48.9 Å². The number of ether oxygens (including phenoxy) is 2. The van der Waals surface area contributed by atoms with Crippen LogP contribution in [0.15, 0.2) is 17.1 Å². The first-order valence-corrected chi connectivity index (χ1v) is 11.0. The van der Waals surface area contributed by atoms with Gasteiger partial charge >= 0.3 is 0 Å². The van der Waals surface area contributed by atoms with Gasteiger partial charge in [-0.2, -0.15) is 0 Å². The molecule has 1 aromatic carbocycles. The van der Waals surface area contributed by atoms with Crippen molar-refractivity contribution in [1.82, 2.24) is 15.5 Å². The Morgan fingerprint density at radius 1 is 1.30 bits per heavy atom. The van der Waals surface area contributed by atoms with Crippen LogP contribution in [0.4, 0.5) is 4.39 Å². The van der Waals surface area contributed by atoms with Gasteiger partial charge in [-0.25, -0.2) is 4.39 Å². The summed E-state index contributed by atoms with van der Waals surface area (Å²) in [6.07, 6.45) is 5.71. The van der Waals surface area contributed by atoms with Crippen LogP contribution in [0.25, 0.3) is 0 Å². The summed E-state index contributed by atoms with van der Waals surface area (Å²) >= 11 is 0. The third-order valence-electron chi connectivity index (χ3n) is 5.60. The lowest BCUT2D eigenvalue weighted by atomic mass is 10.0. The molecule has 6 nitrogen and oxygen atoms in total. The number of fused-ring (bicyclic) bond motifs is 1. The molecule has 2 heterocycles. The molecule has 8 heteroatoms. The zero-order chi connectivity index (χ0) is 20.5. The molecule has 1 saturated heterocycles. The Kier molecular flexibility index (Phi) is 11.2. The molecule has 2 N–H and O–H groups in total. The normalized spacial score (nSPS) is 19.4. The van der Waals surface area contributed by atoms with Gasteiger partial charge in [-0.3, -0.25) is 4.99 Å². The highest BCUT2D eigenvalue weighted by atomic mass is 127. The van der Waals surface area contributed by atoms with Gasteiger partial charge in [0.1, 0.15) is 11.6 Å². The van der Waals surface area contributed by atoms with E-state index in [1.807, 2.05) is 0 Å². The van der Waals surface area contributed by atoms with Crippen molar-refractivity contribution in [3.05, 3.63) is 29.1 Å². The summed E-state index contributed by atoms with van der Waals surface area (Å²) in [5.41, 5.74) is 1.64. The van der Waals surface area contributed by atoms with Crippen LogP contribution in [0.3, 0.4) is 0 Å². The maximum atomic E-state index is 13.9. The van der Waals surface area contributed by atoms with Crippen molar-refractivity contribution in [2.45, 2.75) is 58.6 Å². The van der Waals surface area contributed by atoms with E-state index < -0.39 is 0 Å². The Balaban J connectivity index is 0.00000320. The van der Waals surface area contributed by atoms with E-state index in [1.165, 1.54) is 31.9 Å². The Labute approximate surface area is 197 Å². The van der Waals surface area contributed by atoms with E-state index >= 15 is 0 Å². The molecule has 0 amide bonds. The summed E-state index contributed by atoms with van der Waals surface area (Å²) in [4.78, 5) is 7.28. The van der Waals surface area contributed by atoms with Gasteiger partial charge in [-0.05, 0) is 63.8 Å². The van der Waals surface area contributed by atoms with E-state index in [1.54, 1.807) is 6.07 Å². The van der Waals surface area contributed by atoms with Crippen LogP contribution in [-0.2, 0) is 17.8 Å². The number of nitrogens with zero attached hydrogens (tertiary/aromatic N) is 2. The van der Waals surface area contributed by atoms with Gasteiger partial charge in [0.05, 0.1) is 6.61 Å². The first-order valence-electron chi connectivity index (χ1n) is 11.0. The number of nitrogens with one attached hydrogen (secondary N) is 2. The largest absolute Gasteiger partial charge is 0.467 e. The number of guanidine groups is 1. The molecule has 30 heavy (non-hydrogen) atoms. The number of halogens is 2. The summed E-state index contributed by atoms with van der Waals surface area (Å²) in [5, 5.41) is 6.65. The van der Waals surface area contributed by atoms with Crippen molar-refractivity contribution in [1.29, 1.82) is 0 Å². The van der Waals surface area contributed by atoms with E-state index in [9.17, 15) is 4.39 Å². The number of aliphatic imine (C=N–C) groups is 1. The molecule has 0 saturated carbocycles. The minimum Gasteiger partial charge on any atom is -0.467 e. The van der Waals surface area contributed by atoms with Gasteiger partial charge in [-0.1, -0.05) is 6.42 Å². The van der Waals surface area contributed by atoms with Crippen molar-refractivity contribution in [2.75, 3.05) is 39.5 Å². The number of piperidine rings is 1. The standard InChI is InChI=1S/C22H35FN4O2.HI/c1-3-24-22(25-9-6-12-27-11-5-4-7-17(27)2)26-10-8-18-13-20(23)14-19-15-28-16-29-21(18)19;/h13-14,17H,3-12,15-16H2,1-2H3,(H2,24,25,26);1H. The van der Waals surface area contributed by atoms with Gasteiger partial charge in [-0.15, -0.1) is 24.0 Å². The van der Waals surface area contributed by atoms with Crippen molar-refractivity contribution >= 4 is 29.9 Å². The number of benzene rings is 1. The van der Waals surface area contributed by atoms with Crippen LogP contribution in [0, 0.1) is 5.82 Å². The van der Waals surface area contributed by atoms with Gasteiger partial charge in [0.15, 0.2) is 12.8 Å². The van der Waals surface area contributed by atoms with E-state index in [0.29, 0.717) is 25.6 Å². The molecule has 1 atom stereocenters. The number of likely N-dealkylation sites (tertiary alicyclic amines) is 1. The maximum absolute atomic E-state index is 13.9. The molecular formula is C22H36FIN4O2. The Bertz CT molecular complexity index is 689. The second kappa shape index (κ2) is 13.3.